The molecule has 2 heterocycles. The summed E-state index contributed by atoms with van der Waals surface area (Å²) in [6.07, 6.45) is 6.03. The zero-order valence-electron chi connectivity index (χ0n) is 10.5. The quantitative estimate of drug-likeness (QED) is 0.789. The Hall–Kier alpha value is -0.120. The van der Waals surface area contributed by atoms with Gasteiger partial charge in [-0.05, 0) is 64.6 Å². The second kappa shape index (κ2) is 5.99. The van der Waals surface area contributed by atoms with E-state index in [4.69, 9.17) is 0 Å². The van der Waals surface area contributed by atoms with E-state index in [1.165, 1.54) is 45.3 Å². The third-order valence-electron chi connectivity index (χ3n) is 4.43. The van der Waals surface area contributed by atoms with Gasteiger partial charge in [-0.2, -0.15) is 0 Å². The zero-order valence-corrected chi connectivity index (χ0v) is 10.5. The molecule has 0 aliphatic carbocycles. The van der Waals surface area contributed by atoms with Gasteiger partial charge in [-0.25, -0.2) is 5.11 Å². The van der Waals surface area contributed by atoms with Crippen LogP contribution in [0.5, 0.6) is 0 Å². The number of rotatable bonds is 4. The van der Waals surface area contributed by atoms with E-state index in [-0.39, 0.29) is 6.61 Å². The summed E-state index contributed by atoms with van der Waals surface area (Å²) in [5.74, 6) is 0.706. The monoisotopic (exact) mass is 225 g/mol. The molecule has 0 aromatic carbocycles. The highest BCUT2D eigenvalue weighted by Crippen LogP contribution is 2.24. The normalized spacial score (nSPS) is 30.8. The van der Waals surface area contributed by atoms with Crippen molar-refractivity contribution in [3.63, 3.8) is 0 Å². The second-order valence-electron chi connectivity index (χ2n) is 5.42. The second-order valence-corrected chi connectivity index (χ2v) is 5.42. The van der Waals surface area contributed by atoms with E-state index in [1.54, 1.807) is 0 Å². The van der Waals surface area contributed by atoms with Crippen molar-refractivity contribution in [1.82, 2.24) is 10.2 Å². The number of hydrogen-bond donors (Lipinski definition) is 1. The molecule has 1 N–H and O–H groups in total. The fourth-order valence-corrected chi connectivity index (χ4v) is 3.19. The van der Waals surface area contributed by atoms with Crippen LogP contribution in [0.4, 0.5) is 0 Å². The van der Waals surface area contributed by atoms with Crippen molar-refractivity contribution in [1.29, 1.82) is 0 Å². The molecule has 3 nitrogen and oxygen atoms in total. The van der Waals surface area contributed by atoms with Gasteiger partial charge in [0.05, 0.1) is 6.61 Å². The van der Waals surface area contributed by atoms with E-state index in [2.05, 4.69) is 17.1 Å². The molecular weight excluding hydrogens is 200 g/mol. The fourth-order valence-electron chi connectivity index (χ4n) is 3.19. The van der Waals surface area contributed by atoms with Crippen LogP contribution in [0, 0.1) is 5.92 Å². The van der Waals surface area contributed by atoms with Gasteiger partial charge in [-0.15, -0.1) is 0 Å². The van der Waals surface area contributed by atoms with Gasteiger partial charge in [0, 0.05) is 12.1 Å². The predicted octanol–water partition coefficient (Wildman–Crippen LogP) is 1.66. The SMILES string of the molecule is CC(C1CCCN1)N1CCC(CC[O])CC1. The first-order valence-electron chi connectivity index (χ1n) is 6.87. The molecule has 2 aliphatic heterocycles. The maximum absolute atomic E-state index is 10.6. The molecule has 2 atom stereocenters. The highest BCUT2D eigenvalue weighted by atomic mass is 16.3. The van der Waals surface area contributed by atoms with Gasteiger partial charge in [0.25, 0.3) is 0 Å². The lowest BCUT2D eigenvalue weighted by atomic mass is 9.92. The van der Waals surface area contributed by atoms with E-state index in [1.807, 2.05) is 0 Å². The van der Waals surface area contributed by atoms with Crippen LogP contribution >= 0.6 is 0 Å². The van der Waals surface area contributed by atoms with Gasteiger partial charge in [0.1, 0.15) is 0 Å². The smallest absolute Gasteiger partial charge is 0.0825 e. The highest BCUT2D eigenvalue weighted by molar-refractivity contribution is 4.87. The summed E-state index contributed by atoms with van der Waals surface area (Å²) in [7, 11) is 0. The molecule has 16 heavy (non-hydrogen) atoms. The third kappa shape index (κ3) is 2.96. The van der Waals surface area contributed by atoms with Gasteiger partial charge in [0.2, 0.25) is 0 Å². The first-order chi connectivity index (χ1) is 7.81. The Labute approximate surface area is 99.2 Å². The highest BCUT2D eigenvalue weighted by Gasteiger charge is 2.28. The maximum atomic E-state index is 10.6. The van der Waals surface area contributed by atoms with E-state index < -0.39 is 0 Å². The zero-order chi connectivity index (χ0) is 11.4. The Morgan fingerprint density at radius 2 is 2.06 bits per heavy atom. The molecule has 2 aliphatic rings. The number of nitrogens with zero attached hydrogens (tertiary/aromatic N) is 1. The van der Waals surface area contributed by atoms with Gasteiger partial charge in [-0.1, -0.05) is 0 Å². The number of likely N-dealkylation sites (tertiary alicyclic amines) is 1. The Kier molecular flexibility index (Phi) is 4.62. The molecule has 0 spiro atoms. The summed E-state index contributed by atoms with van der Waals surface area (Å²) >= 11 is 0. The van der Waals surface area contributed by atoms with Crippen molar-refractivity contribution in [2.75, 3.05) is 26.2 Å². The molecule has 0 amide bonds. The van der Waals surface area contributed by atoms with Crippen LogP contribution in [-0.4, -0.2) is 43.2 Å². The first kappa shape index (κ1) is 12.3. The van der Waals surface area contributed by atoms with Crippen LogP contribution in [0.25, 0.3) is 0 Å². The standard InChI is InChI=1S/C13H25N2O/c1-11(13-3-2-7-14-13)15-8-4-12(5-9-15)6-10-16/h11-14H,2-10H2,1H3. The summed E-state index contributed by atoms with van der Waals surface area (Å²) in [5, 5.41) is 14.2. The molecule has 0 aromatic rings. The minimum atomic E-state index is 0.115. The van der Waals surface area contributed by atoms with Gasteiger partial charge in [-0.3, -0.25) is 4.90 Å². The lowest BCUT2D eigenvalue weighted by molar-refractivity contribution is 0.0981. The minimum absolute atomic E-state index is 0.115. The van der Waals surface area contributed by atoms with Crippen molar-refractivity contribution in [3.05, 3.63) is 0 Å². The predicted molar refractivity (Wildman–Crippen MR) is 65.0 cm³/mol. The van der Waals surface area contributed by atoms with Crippen molar-refractivity contribution < 1.29 is 5.11 Å². The molecule has 3 heteroatoms. The van der Waals surface area contributed by atoms with E-state index in [9.17, 15) is 5.11 Å². The fraction of sp³-hybridized carbons (Fsp3) is 1.00. The summed E-state index contributed by atoms with van der Waals surface area (Å²) in [5.41, 5.74) is 0. The third-order valence-corrected chi connectivity index (χ3v) is 4.43. The molecule has 0 aromatic heterocycles. The molecule has 93 valence electrons. The van der Waals surface area contributed by atoms with E-state index in [0.29, 0.717) is 18.0 Å². The molecule has 2 rings (SSSR count). The molecular formula is C13H25N2O. The summed E-state index contributed by atoms with van der Waals surface area (Å²) in [4.78, 5) is 2.62. The van der Waals surface area contributed by atoms with Crippen molar-refractivity contribution in [3.8, 4) is 0 Å². The molecule has 2 saturated heterocycles. The number of piperidine rings is 1. The Morgan fingerprint density at radius 1 is 1.31 bits per heavy atom. The van der Waals surface area contributed by atoms with Crippen LogP contribution in [0.15, 0.2) is 0 Å². The lowest BCUT2D eigenvalue weighted by Gasteiger charge is -2.38. The largest absolute Gasteiger partial charge is 0.312 e. The van der Waals surface area contributed by atoms with Crippen LogP contribution in [0.3, 0.4) is 0 Å². The lowest BCUT2D eigenvalue weighted by Crippen LogP contribution is -2.48. The Morgan fingerprint density at radius 3 is 2.62 bits per heavy atom. The Bertz CT molecular complexity index is 196. The number of nitrogens with one attached hydrogen (secondary N) is 1. The summed E-state index contributed by atoms with van der Waals surface area (Å²) in [6, 6.07) is 1.38. The molecule has 0 saturated carbocycles. The molecule has 0 bridgehead atoms. The first-order valence-corrected chi connectivity index (χ1v) is 6.87. The van der Waals surface area contributed by atoms with Crippen LogP contribution < -0.4 is 5.32 Å². The Balaban J connectivity index is 1.74. The van der Waals surface area contributed by atoms with Gasteiger partial charge < -0.3 is 5.32 Å². The van der Waals surface area contributed by atoms with Gasteiger partial charge >= 0.3 is 0 Å². The average Bonchev–Trinajstić information content (AvgIpc) is 2.83. The van der Waals surface area contributed by atoms with E-state index >= 15 is 0 Å². The van der Waals surface area contributed by atoms with Crippen molar-refractivity contribution in [2.45, 2.75) is 51.1 Å². The topological polar surface area (TPSA) is 35.2 Å². The molecule has 2 unspecified atom stereocenters. The van der Waals surface area contributed by atoms with E-state index in [0.717, 1.165) is 6.42 Å². The van der Waals surface area contributed by atoms with Crippen LogP contribution in [-0.2, 0) is 5.11 Å². The van der Waals surface area contributed by atoms with Crippen molar-refractivity contribution >= 4 is 0 Å². The summed E-state index contributed by atoms with van der Waals surface area (Å²) < 4.78 is 0. The van der Waals surface area contributed by atoms with Crippen molar-refractivity contribution in [2.24, 2.45) is 5.92 Å². The minimum Gasteiger partial charge on any atom is -0.312 e. The molecule has 1 radical (unpaired) electrons. The van der Waals surface area contributed by atoms with Crippen LogP contribution in [0.1, 0.15) is 39.0 Å². The van der Waals surface area contributed by atoms with Gasteiger partial charge in [0.15, 0.2) is 0 Å². The average molecular weight is 225 g/mol. The maximum Gasteiger partial charge on any atom is 0.0825 e. The number of hydrogen-bond acceptors (Lipinski definition) is 2. The van der Waals surface area contributed by atoms with Crippen LogP contribution in [0.2, 0.25) is 0 Å². The molecule has 2 fully saturated rings. The summed E-state index contributed by atoms with van der Waals surface area (Å²) in [6.45, 7) is 6.07.